The second kappa shape index (κ2) is 10.9. The van der Waals surface area contributed by atoms with Crippen molar-refractivity contribution in [2.75, 3.05) is 7.11 Å². The molecule has 0 spiro atoms. The van der Waals surface area contributed by atoms with Crippen molar-refractivity contribution in [1.29, 1.82) is 0 Å². The Balaban J connectivity index is 1.74. The van der Waals surface area contributed by atoms with Crippen molar-refractivity contribution in [2.45, 2.75) is 52.1 Å². The summed E-state index contributed by atoms with van der Waals surface area (Å²) in [5.41, 5.74) is 4.96. The maximum absolute atomic E-state index is 12.8. The van der Waals surface area contributed by atoms with E-state index in [4.69, 9.17) is 9.47 Å². The van der Waals surface area contributed by atoms with Crippen LogP contribution in [0.4, 0.5) is 0 Å². The summed E-state index contributed by atoms with van der Waals surface area (Å²) in [5, 5.41) is 0. The van der Waals surface area contributed by atoms with Gasteiger partial charge in [0, 0.05) is 7.11 Å². The van der Waals surface area contributed by atoms with E-state index < -0.39 is 0 Å². The number of esters is 1. The third-order valence-corrected chi connectivity index (χ3v) is 5.88. The first kappa shape index (κ1) is 22.8. The van der Waals surface area contributed by atoms with Gasteiger partial charge in [0.05, 0.1) is 11.7 Å². The molecule has 0 bridgehead atoms. The zero-order chi connectivity index (χ0) is 22.2. The molecule has 0 aliphatic carbocycles. The standard InChI is InChI=1S/C28H32O3/c1-5-9-21(6-2)26-10-7-8-11-27(26)31-28(29)25-18-16-24(17-19-25)23-14-12-22(13-15-23)20(3)30-4/h7-8,10-21H,5-6,9H2,1-4H3. The minimum atomic E-state index is -0.324. The second-order valence-electron chi connectivity index (χ2n) is 7.90. The number of benzene rings is 3. The molecule has 3 heteroatoms. The topological polar surface area (TPSA) is 35.5 Å². The normalized spacial score (nSPS) is 12.9. The first-order chi connectivity index (χ1) is 15.1. The SMILES string of the molecule is CCCC(CC)c1ccccc1OC(=O)c1ccc(-c2ccc(C(C)OC)cc2)cc1. The van der Waals surface area contributed by atoms with Crippen molar-refractivity contribution in [1.82, 2.24) is 0 Å². The van der Waals surface area contributed by atoms with Crippen LogP contribution in [-0.4, -0.2) is 13.1 Å². The Hall–Kier alpha value is -2.91. The summed E-state index contributed by atoms with van der Waals surface area (Å²) in [4.78, 5) is 12.8. The molecule has 162 valence electrons. The number of methoxy groups -OCH3 is 1. The summed E-state index contributed by atoms with van der Waals surface area (Å²) in [6.45, 7) is 6.39. The number of carbonyl (C=O) groups is 1. The van der Waals surface area contributed by atoms with Crippen molar-refractivity contribution in [2.24, 2.45) is 0 Å². The summed E-state index contributed by atoms with van der Waals surface area (Å²) >= 11 is 0. The molecule has 3 aromatic rings. The smallest absolute Gasteiger partial charge is 0.343 e. The van der Waals surface area contributed by atoms with E-state index in [1.54, 1.807) is 7.11 Å². The van der Waals surface area contributed by atoms with Gasteiger partial charge in [0.25, 0.3) is 0 Å². The van der Waals surface area contributed by atoms with Gasteiger partial charge in [-0.1, -0.05) is 74.9 Å². The number of carbonyl (C=O) groups excluding carboxylic acids is 1. The van der Waals surface area contributed by atoms with Crippen LogP contribution in [0.25, 0.3) is 11.1 Å². The lowest BCUT2D eigenvalue weighted by molar-refractivity contribution is 0.0732. The van der Waals surface area contributed by atoms with Gasteiger partial charge in [-0.25, -0.2) is 4.79 Å². The van der Waals surface area contributed by atoms with Crippen LogP contribution in [0.1, 0.15) is 73.5 Å². The summed E-state index contributed by atoms with van der Waals surface area (Å²) < 4.78 is 11.2. The zero-order valence-corrected chi connectivity index (χ0v) is 18.9. The highest BCUT2D eigenvalue weighted by molar-refractivity contribution is 5.91. The van der Waals surface area contributed by atoms with E-state index in [-0.39, 0.29) is 12.1 Å². The Morgan fingerprint density at radius 2 is 1.48 bits per heavy atom. The van der Waals surface area contributed by atoms with Gasteiger partial charge in [-0.3, -0.25) is 0 Å². The molecule has 3 rings (SSSR count). The van der Waals surface area contributed by atoms with Gasteiger partial charge in [-0.05, 0) is 66.1 Å². The van der Waals surface area contributed by atoms with E-state index in [1.807, 2.05) is 49.4 Å². The number of rotatable bonds is 9. The third kappa shape index (κ3) is 5.62. The molecule has 0 aromatic heterocycles. The molecule has 0 aliphatic heterocycles. The first-order valence-corrected chi connectivity index (χ1v) is 11.1. The minimum absolute atomic E-state index is 0.0682. The van der Waals surface area contributed by atoms with Crippen molar-refractivity contribution < 1.29 is 14.3 Å². The van der Waals surface area contributed by atoms with Gasteiger partial charge >= 0.3 is 5.97 Å². The van der Waals surface area contributed by atoms with E-state index in [9.17, 15) is 4.79 Å². The zero-order valence-electron chi connectivity index (χ0n) is 18.9. The lowest BCUT2D eigenvalue weighted by Crippen LogP contribution is -2.11. The molecule has 0 heterocycles. The number of hydrogen-bond donors (Lipinski definition) is 0. The van der Waals surface area contributed by atoms with E-state index in [2.05, 4.69) is 44.2 Å². The van der Waals surface area contributed by atoms with Gasteiger partial charge < -0.3 is 9.47 Å². The van der Waals surface area contributed by atoms with Crippen LogP contribution < -0.4 is 4.74 Å². The average molecular weight is 417 g/mol. The summed E-state index contributed by atoms with van der Waals surface area (Å²) in [5.74, 6) is 0.745. The van der Waals surface area contributed by atoms with Crippen LogP contribution >= 0.6 is 0 Å². The van der Waals surface area contributed by atoms with Crippen LogP contribution in [0.3, 0.4) is 0 Å². The van der Waals surface area contributed by atoms with Gasteiger partial charge in [0.1, 0.15) is 5.75 Å². The highest BCUT2D eigenvalue weighted by atomic mass is 16.5. The van der Waals surface area contributed by atoms with Crippen LogP contribution in [0.15, 0.2) is 72.8 Å². The van der Waals surface area contributed by atoms with Gasteiger partial charge in [-0.15, -0.1) is 0 Å². The van der Waals surface area contributed by atoms with E-state index >= 15 is 0 Å². The van der Waals surface area contributed by atoms with Gasteiger partial charge in [0.2, 0.25) is 0 Å². The van der Waals surface area contributed by atoms with E-state index in [0.29, 0.717) is 17.2 Å². The minimum Gasteiger partial charge on any atom is -0.423 e. The Bertz CT molecular complexity index is 974. The van der Waals surface area contributed by atoms with Crippen molar-refractivity contribution in [3.8, 4) is 16.9 Å². The molecule has 0 N–H and O–H groups in total. The molecule has 31 heavy (non-hydrogen) atoms. The molecule has 2 atom stereocenters. The molecule has 0 aliphatic rings. The van der Waals surface area contributed by atoms with Crippen molar-refractivity contribution in [3.05, 3.63) is 89.5 Å². The molecule has 0 radical (unpaired) electrons. The predicted molar refractivity (Wildman–Crippen MR) is 127 cm³/mol. The van der Waals surface area contributed by atoms with Crippen LogP contribution in [-0.2, 0) is 4.74 Å². The lowest BCUT2D eigenvalue weighted by atomic mass is 9.91. The number of para-hydroxylation sites is 1. The second-order valence-corrected chi connectivity index (χ2v) is 7.90. The molecule has 0 amide bonds. The Kier molecular flexibility index (Phi) is 8.02. The molecule has 3 aromatic carbocycles. The van der Waals surface area contributed by atoms with Crippen LogP contribution in [0.2, 0.25) is 0 Å². The predicted octanol–water partition coefficient (Wildman–Crippen LogP) is 7.57. The third-order valence-electron chi connectivity index (χ3n) is 5.88. The molecule has 0 fully saturated rings. The highest BCUT2D eigenvalue weighted by Crippen LogP contribution is 2.33. The molecular formula is C28H32O3. The maximum atomic E-state index is 12.8. The van der Waals surface area contributed by atoms with E-state index in [0.717, 1.165) is 41.5 Å². The van der Waals surface area contributed by atoms with Gasteiger partial charge in [-0.2, -0.15) is 0 Å². The lowest BCUT2D eigenvalue weighted by Gasteiger charge is -2.18. The fraction of sp³-hybridized carbons (Fsp3) is 0.321. The van der Waals surface area contributed by atoms with Crippen LogP contribution in [0.5, 0.6) is 5.75 Å². The fourth-order valence-electron chi connectivity index (χ4n) is 3.88. The number of hydrogen-bond acceptors (Lipinski definition) is 3. The molecule has 3 nitrogen and oxygen atoms in total. The first-order valence-electron chi connectivity index (χ1n) is 11.1. The van der Waals surface area contributed by atoms with E-state index in [1.165, 1.54) is 0 Å². The maximum Gasteiger partial charge on any atom is 0.343 e. The molecule has 2 unspecified atom stereocenters. The summed E-state index contributed by atoms with van der Waals surface area (Å²) in [7, 11) is 1.71. The monoisotopic (exact) mass is 416 g/mol. The molecular weight excluding hydrogens is 384 g/mol. The average Bonchev–Trinajstić information content (AvgIpc) is 2.82. The number of ether oxygens (including phenoxy) is 2. The summed E-state index contributed by atoms with van der Waals surface area (Å²) in [6.07, 6.45) is 3.28. The Morgan fingerprint density at radius 1 is 0.871 bits per heavy atom. The fourth-order valence-corrected chi connectivity index (χ4v) is 3.88. The van der Waals surface area contributed by atoms with Gasteiger partial charge in [0.15, 0.2) is 0 Å². The molecule has 0 saturated carbocycles. The quantitative estimate of drug-likeness (QED) is 0.266. The Labute approximate surface area is 186 Å². The highest BCUT2D eigenvalue weighted by Gasteiger charge is 2.17. The Morgan fingerprint density at radius 3 is 2.06 bits per heavy atom. The largest absolute Gasteiger partial charge is 0.423 e. The van der Waals surface area contributed by atoms with Crippen molar-refractivity contribution in [3.63, 3.8) is 0 Å². The molecule has 0 saturated heterocycles. The van der Waals surface area contributed by atoms with Crippen LogP contribution in [0, 0.1) is 0 Å². The van der Waals surface area contributed by atoms with Crippen molar-refractivity contribution >= 4 is 5.97 Å². The summed E-state index contributed by atoms with van der Waals surface area (Å²) in [6, 6.07) is 23.8.